The van der Waals surface area contributed by atoms with E-state index >= 15 is 0 Å². The molecule has 0 fully saturated rings. The summed E-state index contributed by atoms with van der Waals surface area (Å²) in [5.41, 5.74) is 0. The first-order valence-corrected chi connectivity index (χ1v) is 2.93. The summed E-state index contributed by atoms with van der Waals surface area (Å²) in [5.74, 6) is 0. The molecular weight excluding hydrogens is 111 g/mol. The Morgan fingerprint density at radius 2 is 2.29 bits per heavy atom. The Bertz CT molecular complexity index is 50.2. The highest BCUT2D eigenvalue weighted by Gasteiger charge is 1.76. The Hall–Kier alpha value is 0.0200. The maximum atomic E-state index is 9.64. The summed E-state index contributed by atoms with van der Waals surface area (Å²) < 4.78 is 9.64. The van der Waals surface area contributed by atoms with Crippen molar-refractivity contribution in [2.24, 2.45) is 0 Å². The summed E-state index contributed by atoms with van der Waals surface area (Å²) in [6, 6.07) is 0. The van der Waals surface area contributed by atoms with E-state index in [1.807, 2.05) is 7.05 Å². The molecule has 0 saturated heterocycles. The fraction of sp³-hybridized carbons (Fsp3) is 1.00. The zero-order chi connectivity index (χ0) is 5.54. The Kier molecular flexibility index (Phi) is 6.04. The first kappa shape index (κ1) is 7.02. The van der Waals surface area contributed by atoms with E-state index < -0.39 is 0 Å². The third kappa shape index (κ3) is 6.02. The van der Waals surface area contributed by atoms with Gasteiger partial charge in [-0.25, -0.2) is 5.09 Å². The van der Waals surface area contributed by atoms with Gasteiger partial charge in [-0.15, -0.1) is 0 Å². The summed E-state index contributed by atoms with van der Waals surface area (Å²) in [4.78, 5) is 0. The van der Waals surface area contributed by atoms with Gasteiger partial charge in [0.25, 0.3) is 0 Å². The molecule has 0 radical (unpaired) electrons. The molecule has 0 aromatic heterocycles. The van der Waals surface area contributed by atoms with Gasteiger partial charge >= 0.3 is 0 Å². The Morgan fingerprint density at radius 3 is 2.71 bits per heavy atom. The molecule has 0 unspecified atom stereocenters. The zero-order valence-corrected chi connectivity index (χ0v) is 5.16. The van der Waals surface area contributed by atoms with Gasteiger partial charge in [0, 0.05) is 13.1 Å². The quantitative estimate of drug-likeness (QED) is 0.405. The first-order chi connectivity index (χ1) is 3.41. The van der Waals surface area contributed by atoms with Crippen molar-refractivity contribution in [3.8, 4) is 0 Å². The second-order valence-electron chi connectivity index (χ2n) is 1.10. The molecule has 0 saturated carbocycles. The molecule has 0 bridgehead atoms. The molecule has 0 aliphatic heterocycles. The van der Waals surface area contributed by atoms with Gasteiger partial charge < -0.3 is 5.32 Å². The Balaban J connectivity index is 2.56. The highest BCUT2D eigenvalue weighted by atomic mass is 31.1. The smallest absolute Gasteiger partial charge is 0.246 e. The highest BCUT2D eigenvalue weighted by Crippen LogP contribution is 1.74. The number of nitrogens with one attached hydrogen (secondary N) is 2. The lowest BCUT2D eigenvalue weighted by Gasteiger charge is -1.90. The summed E-state index contributed by atoms with van der Waals surface area (Å²) in [6.07, 6.45) is 0. The van der Waals surface area contributed by atoms with Crippen LogP contribution in [0.5, 0.6) is 0 Å². The molecule has 0 aromatic carbocycles. The van der Waals surface area contributed by atoms with Crippen LogP contribution in [0.2, 0.25) is 0 Å². The topological polar surface area (TPSA) is 41.1 Å². The van der Waals surface area contributed by atoms with Gasteiger partial charge in [-0.3, -0.25) is 4.57 Å². The van der Waals surface area contributed by atoms with Crippen LogP contribution in [-0.2, 0) is 4.57 Å². The van der Waals surface area contributed by atoms with Crippen LogP contribution in [0.25, 0.3) is 0 Å². The van der Waals surface area contributed by atoms with E-state index in [1.165, 1.54) is 0 Å². The summed E-state index contributed by atoms with van der Waals surface area (Å²) >= 11 is 0. The van der Waals surface area contributed by atoms with Crippen LogP contribution < -0.4 is 10.4 Å². The summed E-state index contributed by atoms with van der Waals surface area (Å²) in [5, 5.41) is 5.50. The molecule has 0 rings (SSSR count). The SMILES string of the molecule is CNCCNP=O. The van der Waals surface area contributed by atoms with Gasteiger partial charge in [-0.05, 0) is 7.05 Å². The van der Waals surface area contributed by atoms with E-state index in [9.17, 15) is 4.57 Å². The minimum absolute atomic E-state index is 0.0146. The largest absolute Gasteiger partial charge is 0.318 e. The standard InChI is InChI=1S/C3H9N2OP/c1-4-2-3-5-7-6/h4H,2-3H2,1H3,(H,5,6). The van der Waals surface area contributed by atoms with E-state index in [1.54, 1.807) is 0 Å². The van der Waals surface area contributed by atoms with Gasteiger partial charge in [0.15, 0.2) is 0 Å². The first-order valence-electron chi connectivity index (χ1n) is 2.11. The van der Waals surface area contributed by atoms with Gasteiger partial charge in [-0.2, -0.15) is 0 Å². The van der Waals surface area contributed by atoms with Crippen molar-refractivity contribution in [1.29, 1.82) is 0 Å². The molecule has 0 aliphatic carbocycles. The number of likely N-dealkylation sites (N-methyl/N-ethyl adjacent to an activating group) is 1. The van der Waals surface area contributed by atoms with Crippen molar-refractivity contribution in [1.82, 2.24) is 10.4 Å². The lowest BCUT2D eigenvalue weighted by atomic mass is 10.7. The minimum Gasteiger partial charge on any atom is -0.318 e. The van der Waals surface area contributed by atoms with Crippen molar-refractivity contribution in [2.75, 3.05) is 20.1 Å². The second kappa shape index (κ2) is 6.02. The third-order valence-electron chi connectivity index (χ3n) is 0.551. The number of rotatable bonds is 4. The van der Waals surface area contributed by atoms with Crippen molar-refractivity contribution in [3.63, 3.8) is 0 Å². The summed E-state index contributed by atoms with van der Waals surface area (Å²) in [6.45, 7) is 1.61. The van der Waals surface area contributed by atoms with Gasteiger partial charge in [0.05, 0.1) is 0 Å². The minimum atomic E-state index is 0.0146. The fourth-order valence-electron chi connectivity index (χ4n) is 0.227. The van der Waals surface area contributed by atoms with Crippen LogP contribution in [0.4, 0.5) is 0 Å². The highest BCUT2D eigenvalue weighted by molar-refractivity contribution is 7.21. The van der Waals surface area contributed by atoms with Crippen molar-refractivity contribution in [3.05, 3.63) is 0 Å². The van der Waals surface area contributed by atoms with Crippen LogP contribution >= 0.6 is 8.61 Å². The van der Waals surface area contributed by atoms with E-state index in [0.717, 1.165) is 13.1 Å². The third-order valence-corrected chi connectivity index (χ3v) is 0.904. The van der Waals surface area contributed by atoms with Gasteiger partial charge in [0.1, 0.15) is 0 Å². The lowest BCUT2D eigenvalue weighted by molar-refractivity contribution is 0.590. The molecule has 4 heteroatoms. The maximum Gasteiger partial charge on any atom is 0.246 e. The van der Waals surface area contributed by atoms with Crippen LogP contribution in [-0.4, -0.2) is 20.1 Å². The van der Waals surface area contributed by atoms with E-state index in [0.29, 0.717) is 0 Å². The number of hydrogen-bond acceptors (Lipinski definition) is 2. The Morgan fingerprint density at radius 1 is 1.57 bits per heavy atom. The van der Waals surface area contributed by atoms with Crippen LogP contribution in [0.15, 0.2) is 0 Å². The molecule has 42 valence electrons. The lowest BCUT2D eigenvalue weighted by Crippen LogP contribution is -2.18. The zero-order valence-electron chi connectivity index (χ0n) is 4.27. The molecule has 3 nitrogen and oxygen atoms in total. The molecule has 0 atom stereocenters. The normalized spacial score (nSPS) is 9.86. The fourth-order valence-corrected chi connectivity index (χ4v) is 0.430. The van der Waals surface area contributed by atoms with Crippen LogP contribution in [0.3, 0.4) is 0 Å². The van der Waals surface area contributed by atoms with E-state index in [4.69, 9.17) is 0 Å². The number of hydrogen-bond donors (Lipinski definition) is 2. The molecule has 0 heterocycles. The molecule has 2 N–H and O–H groups in total. The molecule has 0 spiro atoms. The molecule has 0 aliphatic rings. The predicted molar refractivity (Wildman–Crippen MR) is 29.5 cm³/mol. The van der Waals surface area contributed by atoms with E-state index in [-0.39, 0.29) is 8.61 Å². The molecule has 0 amide bonds. The van der Waals surface area contributed by atoms with Crippen molar-refractivity contribution >= 4 is 8.61 Å². The van der Waals surface area contributed by atoms with Crippen LogP contribution in [0.1, 0.15) is 0 Å². The second-order valence-corrected chi connectivity index (χ2v) is 1.60. The molecule has 7 heavy (non-hydrogen) atoms. The average molecular weight is 120 g/mol. The monoisotopic (exact) mass is 120 g/mol. The van der Waals surface area contributed by atoms with Crippen molar-refractivity contribution < 1.29 is 4.57 Å². The Labute approximate surface area is 44.7 Å². The summed E-state index contributed by atoms with van der Waals surface area (Å²) in [7, 11) is 1.87. The maximum absolute atomic E-state index is 9.64. The van der Waals surface area contributed by atoms with E-state index in [2.05, 4.69) is 10.4 Å². The van der Waals surface area contributed by atoms with Crippen molar-refractivity contribution in [2.45, 2.75) is 0 Å². The average Bonchev–Trinajstić information content (AvgIpc) is 1.69. The molecular formula is C3H9N2OP. The van der Waals surface area contributed by atoms with Gasteiger partial charge in [0.2, 0.25) is 8.61 Å². The van der Waals surface area contributed by atoms with Gasteiger partial charge in [-0.1, -0.05) is 0 Å². The molecule has 0 aromatic rings. The predicted octanol–water partition coefficient (Wildman–Crippen LogP) is 0.00210. The van der Waals surface area contributed by atoms with Crippen LogP contribution in [0, 0.1) is 0 Å².